The summed E-state index contributed by atoms with van der Waals surface area (Å²) in [6.07, 6.45) is -3.51. The molecule has 1 heterocycles. The fourth-order valence-electron chi connectivity index (χ4n) is 2.54. The number of hydrazine groups is 1. The van der Waals surface area contributed by atoms with Crippen LogP contribution >= 0.6 is 0 Å². The molecule has 0 radical (unpaired) electrons. The van der Waals surface area contributed by atoms with Gasteiger partial charge in [-0.15, -0.1) is 0 Å². The van der Waals surface area contributed by atoms with Gasteiger partial charge < -0.3 is 0 Å². The van der Waals surface area contributed by atoms with E-state index < -0.39 is 12.2 Å². The van der Waals surface area contributed by atoms with Gasteiger partial charge >= 0.3 is 6.18 Å². The van der Waals surface area contributed by atoms with E-state index in [9.17, 15) is 18.0 Å². The van der Waals surface area contributed by atoms with E-state index in [0.717, 1.165) is 17.0 Å². The second kappa shape index (κ2) is 6.05. The van der Waals surface area contributed by atoms with Gasteiger partial charge in [-0.05, 0) is 23.5 Å². The maximum atomic E-state index is 13.3. The van der Waals surface area contributed by atoms with E-state index in [1.807, 2.05) is 0 Å². The van der Waals surface area contributed by atoms with E-state index in [4.69, 9.17) is 0 Å². The van der Waals surface area contributed by atoms with Gasteiger partial charge in [-0.3, -0.25) is 10.2 Å². The Bertz CT molecular complexity index is 497. The standard InChI is InChI=1S/C15H19F3N2O/c1-10(2)9-11-3-5-12(6-4-11)14(15(16,17)18)20-8-7-13(21)19-20/h3-6,10,14H,7-9H2,1-2H3,(H,19,21). The van der Waals surface area contributed by atoms with Crippen molar-refractivity contribution in [3.63, 3.8) is 0 Å². The van der Waals surface area contributed by atoms with E-state index in [-0.39, 0.29) is 24.4 Å². The average molecular weight is 300 g/mol. The highest BCUT2D eigenvalue weighted by molar-refractivity contribution is 5.77. The summed E-state index contributed by atoms with van der Waals surface area (Å²) in [5.41, 5.74) is 3.44. The summed E-state index contributed by atoms with van der Waals surface area (Å²) in [6, 6.07) is 4.66. The predicted octanol–water partition coefficient (Wildman–Crippen LogP) is 3.23. The van der Waals surface area contributed by atoms with Crippen molar-refractivity contribution >= 4 is 5.91 Å². The number of halogens is 3. The third-order valence-corrected chi connectivity index (χ3v) is 3.41. The van der Waals surface area contributed by atoms with Crippen molar-refractivity contribution in [3.8, 4) is 0 Å². The van der Waals surface area contributed by atoms with Crippen molar-refractivity contribution < 1.29 is 18.0 Å². The van der Waals surface area contributed by atoms with E-state index in [1.54, 1.807) is 12.1 Å². The number of carbonyl (C=O) groups excluding carboxylic acids is 1. The van der Waals surface area contributed by atoms with Gasteiger partial charge in [0.2, 0.25) is 5.91 Å². The molecule has 0 saturated carbocycles. The van der Waals surface area contributed by atoms with Gasteiger partial charge in [0.25, 0.3) is 0 Å². The van der Waals surface area contributed by atoms with E-state index in [0.29, 0.717) is 5.92 Å². The first kappa shape index (κ1) is 15.8. The lowest BCUT2D eigenvalue weighted by Crippen LogP contribution is -2.43. The summed E-state index contributed by atoms with van der Waals surface area (Å²) in [5, 5.41) is 0.972. The van der Waals surface area contributed by atoms with Crippen molar-refractivity contribution in [2.75, 3.05) is 6.54 Å². The molecule has 1 aromatic rings. The monoisotopic (exact) mass is 300 g/mol. The molecule has 3 nitrogen and oxygen atoms in total. The van der Waals surface area contributed by atoms with Crippen LogP contribution in [0.4, 0.5) is 13.2 Å². The second-order valence-corrected chi connectivity index (χ2v) is 5.76. The van der Waals surface area contributed by atoms with Crippen LogP contribution in [0.5, 0.6) is 0 Å². The van der Waals surface area contributed by atoms with Gasteiger partial charge in [0.15, 0.2) is 0 Å². The highest BCUT2D eigenvalue weighted by Crippen LogP contribution is 2.37. The normalized spacial score (nSPS) is 18.1. The number of rotatable bonds is 4. The molecule has 1 unspecified atom stereocenters. The molecule has 116 valence electrons. The highest BCUT2D eigenvalue weighted by atomic mass is 19.4. The van der Waals surface area contributed by atoms with Crippen LogP contribution in [-0.4, -0.2) is 23.6 Å². The van der Waals surface area contributed by atoms with Gasteiger partial charge in [-0.2, -0.15) is 13.2 Å². The number of hydrogen-bond donors (Lipinski definition) is 1. The Morgan fingerprint density at radius 2 is 1.86 bits per heavy atom. The zero-order valence-electron chi connectivity index (χ0n) is 12.1. The first-order chi connectivity index (χ1) is 9.77. The summed E-state index contributed by atoms with van der Waals surface area (Å²) in [6.45, 7) is 4.19. The molecule has 0 aliphatic carbocycles. The Morgan fingerprint density at radius 1 is 1.24 bits per heavy atom. The molecular formula is C15H19F3N2O. The minimum atomic E-state index is -4.43. The fraction of sp³-hybridized carbons (Fsp3) is 0.533. The van der Waals surface area contributed by atoms with E-state index in [2.05, 4.69) is 19.3 Å². The number of carbonyl (C=O) groups is 1. The number of alkyl halides is 3. The molecule has 1 atom stereocenters. The minimum Gasteiger partial charge on any atom is -0.288 e. The largest absolute Gasteiger partial charge is 0.409 e. The SMILES string of the molecule is CC(C)Cc1ccc(C(N2CCC(=O)N2)C(F)(F)F)cc1. The third-order valence-electron chi connectivity index (χ3n) is 3.41. The molecule has 0 bridgehead atoms. The van der Waals surface area contributed by atoms with Crippen molar-refractivity contribution in [2.24, 2.45) is 5.92 Å². The molecule has 1 saturated heterocycles. The molecule has 1 amide bonds. The molecular weight excluding hydrogens is 281 g/mol. The lowest BCUT2D eigenvalue weighted by Gasteiger charge is -2.29. The molecule has 0 spiro atoms. The third kappa shape index (κ3) is 3.97. The van der Waals surface area contributed by atoms with Crippen LogP contribution in [0.3, 0.4) is 0 Å². The molecule has 1 aliphatic heterocycles. The number of amides is 1. The lowest BCUT2D eigenvalue weighted by atomic mass is 9.99. The van der Waals surface area contributed by atoms with Crippen molar-refractivity contribution in [1.82, 2.24) is 10.4 Å². The molecule has 0 aromatic heterocycles. The Morgan fingerprint density at radius 3 is 2.29 bits per heavy atom. The number of hydrogen-bond acceptors (Lipinski definition) is 2. The van der Waals surface area contributed by atoms with E-state index >= 15 is 0 Å². The van der Waals surface area contributed by atoms with Crippen LogP contribution in [0, 0.1) is 5.92 Å². The summed E-state index contributed by atoms with van der Waals surface area (Å²) < 4.78 is 39.9. The summed E-state index contributed by atoms with van der Waals surface area (Å²) in [4.78, 5) is 11.2. The van der Waals surface area contributed by atoms with E-state index in [1.165, 1.54) is 12.1 Å². The van der Waals surface area contributed by atoms with Crippen LogP contribution in [-0.2, 0) is 11.2 Å². The summed E-state index contributed by atoms with van der Waals surface area (Å²) in [7, 11) is 0. The Kier molecular flexibility index (Phi) is 4.56. The van der Waals surface area contributed by atoms with Gasteiger partial charge in [-0.1, -0.05) is 38.1 Å². The van der Waals surface area contributed by atoms with Gasteiger partial charge in [0.1, 0.15) is 6.04 Å². The molecule has 1 N–H and O–H groups in total. The van der Waals surface area contributed by atoms with Crippen LogP contribution < -0.4 is 5.43 Å². The van der Waals surface area contributed by atoms with Gasteiger partial charge in [-0.25, -0.2) is 5.01 Å². The van der Waals surface area contributed by atoms with Crippen LogP contribution in [0.25, 0.3) is 0 Å². The highest BCUT2D eigenvalue weighted by Gasteiger charge is 2.46. The maximum absolute atomic E-state index is 13.3. The summed E-state index contributed by atoms with van der Waals surface area (Å²) >= 11 is 0. The zero-order valence-corrected chi connectivity index (χ0v) is 12.1. The average Bonchev–Trinajstić information content (AvgIpc) is 2.75. The van der Waals surface area contributed by atoms with Crippen LogP contribution in [0.2, 0.25) is 0 Å². The smallest absolute Gasteiger partial charge is 0.288 e. The topological polar surface area (TPSA) is 32.3 Å². The van der Waals surface area contributed by atoms with Crippen LogP contribution in [0.1, 0.15) is 37.4 Å². The van der Waals surface area contributed by atoms with Crippen molar-refractivity contribution in [2.45, 2.75) is 38.9 Å². The number of nitrogens with zero attached hydrogens (tertiary/aromatic N) is 1. The first-order valence-corrected chi connectivity index (χ1v) is 6.99. The number of benzene rings is 1. The molecule has 1 aromatic carbocycles. The molecule has 2 rings (SSSR count). The quantitative estimate of drug-likeness (QED) is 0.926. The molecule has 1 fully saturated rings. The Hall–Kier alpha value is -1.56. The lowest BCUT2D eigenvalue weighted by molar-refractivity contribution is -0.191. The molecule has 6 heteroatoms. The minimum absolute atomic E-state index is 0.0662. The van der Waals surface area contributed by atoms with Crippen molar-refractivity contribution in [1.29, 1.82) is 0 Å². The Balaban J connectivity index is 2.23. The fourth-order valence-corrected chi connectivity index (χ4v) is 2.54. The second-order valence-electron chi connectivity index (χ2n) is 5.76. The Labute approximate surface area is 122 Å². The first-order valence-electron chi connectivity index (χ1n) is 6.99. The zero-order chi connectivity index (χ0) is 15.6. The van der Waals surface area contributed by atoms with Crippen molar-refractivity contribution in [3.05, 3.63) is 35.4 Å². The summed E-state index contributed by atoms with van der Waals surface area (Å²) in [5.74, 6) is 0.0767. The molecule has 1 aliphatic rings. The predicted molar refractivity (Wildman–Crippen MR) is 73.2 cm³/mol. The number of nitrogens with one attached hydrogen (secondary N) is 1. The van der Waals surface area contributed by atoms with Crippen LogP contribution in [0.15, 0.2) is 24.3 Å². The van der Waals surface area contributed by atoms with Gasteiger partial charge in [0, 0.05) is 13.0 Å². The molecule has 21 heavy (non-hydrogen) atoms. The van der Waals surface area contributed by atoms with Gasteiger partial charge in [0.05, 0.1) is 0 Å². The maximum Gasteiger partial charge on any atom is 0.409 e.